The van der Waals surface area contributed by atoms with Crippen LogP contribution in [0.4, 0.5) is 43.8 Å². The molecule has 2 N–H and O–H groups in total. The third-order valence-corrected chi connectivity index (χ3v) is 6.43. The molecule has 2 aromatic carbocycles. The van der Waals surface area contributed by atoms with E-state index in [4.69, 9.17) is 0 Å². The zero-order chi connectivity index (χ0) is 28.5. The summed E-state index contributed by atoms with van der Waals surface area (Å²) in [5.74, 6) is 0.317. The van der Waals surface area contributed by atoms with E-state index in [0.717, 1.165) is 30.7 Å². The van der Waals surface area contributed by atoms with Gasteiger partial charge in [0.15, 0.2) is 17.0 Å². The molecule has 8 nitrogen and oxygen atoms in total. The van der Waals surface area contributed by atoms with Gasteiger partial charge in [0.1, 0.15) is 0 Å². The van der Waals surface area contributed by atoms with Crippen molar-refractivity contribution in [3.8, 4) is 0 Å². The molecular formula is C26H23F6N7O. The molecule has 1 amide bonds. The van der Waals surface area contributed by atoms with Gasteiger partial charge in [-0.25, -0.2) is 4.98 Å². The molecule has 4 aromatic rings. The highest BCUT2D eigenvalue weighted by Crippen LogP contribution is 2.32. The quantitative estimate of drug-likeness (QED) is 0.262. The van der Waals surface area contributed by atoms with E-state index in [1.165, 1.54) is 30.6 Å². The second kappa shape index (κ2) is 10.7. The van der Waals surface area contributed by atoms with Gasteiger partial charge in [-0.15, -0.1) is 0 Å². The summed E-state index contributed by atoms with van der Waals surface area (Å²) in [4.78, 5) is 27.0. The molecule has 0 unspecified atom stereocenters. The van der Waals surface area contributed by atoms with Crippen LogP contribution in [0.1, 0.15) is 29.5 Å². The standard InChI is InChI=1S/C26H23F6N7O/c27-25(28,29)17-6-8-19(9-7-17)35-24-36-22(33-14-16-3-1-4-18(13-16)26(30,31)32)21-23(37-24)39(15-34-21)12-11-38-10-2-5-20(38)40/h1,3-4,6-9,13,15H,2,5,10-12,14H2,(H2,33,35,36,37). The molecule has 0 radical (unpaired) electrons. The van der Waals surface area contributed by atoms with Crippen LogP contribution in [0.25, 0.3) is 11.2 Å². The van der Waals surface area contributed by atoms with Gasteiger partial charge in [-0.1, -0.05) is 12.1 Å². The Bertz CT molecular complexity index is 1510. The molecule has 1 aliphatic heterocycles. The molecule has 2 aromatic heterocycles. The van der Waals surface area contributed by atoms with E-state index in [1.54, 1.807) is 9.47 Å². The van der Waals surface area contributed by atoms with E-state index in [-0.39, 0.29) is 24.2 Å². The molecule has 0 aliphatic carbocycles. The number of hydrogen-bond donors (Lipinski definition) is 2. The molecule has 1 fully saturated rings. The Morgan fingerprint density at radius 2 is 1.65 bits per heavy atom. The van der Waals surface area contributed by atoms with Gasteiger partial charge in [0.25, 0.3) is 0 Å². The maximum absolute atomic E-state index is 13.2. The zero-order valence-electron chi connectivity index (χ0n) is 20.9. The average molecular weight is 564 g/mol. The van der Waals surface area contributed by atoms with Crippen molar-refractivity contribution in [2.24, 2.45) is 0 Å². The molecule has 40 heavy (non-hydrogen) atoms. The Labute approximate surface area is 224 Å². The van der Waals surface area contributed by atoms with Crippen LogP contribution in [0.2, 0.25) is 0 Å². The van der Waals surface area contributed by atoms with Crippen molar-refractivity contribution in [1.29, 1.82) is 0 Å². The number of benzene rings is 2. The van der Waals surface area contributed by atoms with Crippen molar-refractivity contribution < 1.29 is 31.1 Å². The Kier molecular flexibility index (Phi) is 7.25. The Balaban J connectivity index is 1.44. The lowest BCUT2D eigenvalue weighted by Crippen LogP contribution is -2.28. The first-order chi connectivity index (χ1) is 19.0. The molecule has 1 aliphatic rings. The summed E-state index contributed by atoms with van der Waals surface area (Å²) in [6.45, 7) is 1.46. The molecule has 0 spiro atoms. The van der Waals surface area contributed by atoms with Crippen LogP contribution in [-0.2, 0) is 30.2 Å². The lowest BCUT2D eigenvalue weighted by Gasteiger charge is -2.16. The van der Waals surface area contributed by atoms with Crippen LogP contribution in [0.5, 0.6) is 0 Å². The maximum atomic E-state index is 13.2. The number of anilines is 3. The lowest BCUT2D eigenvalue weighted by molar-refractivity contribution is -0.138. The van der Waals surface area contributed by atoms with Crippen LogP contribution in [0.3, 0.4) is 0 Å². The van der Waals surface area contributed by atoms with Crippen LogP contribution in [-0.4, -0.2) is 43.4 Å². The van der Waals surface area contributed by atoms with Crippen molar-refractivity contribution in [2.75, 3.05) is 23.7 Å². The number of hydrogen-bond acceptors (Lipinski definition) is 6. The second-order valence-corrected chi connectivity index (χ2v) is 9.24. The van der Waals surface area contributed by atoms with E-state index in [9.17, 15) is 31.1 Å². The van der Waals surface area contributed by atoms with E-state index in [1.807, 2.05) is 0 Å². The first-order valence-electron chi connectivity index (χ1n) is 12.3. The highest BCUT2D eigenvalue weighted by atomic mass is 19.4. The minimum atomic E-state index is -4.49. The fourth-order valence-corrected chi connectivity index (χ4v) is 4.37. The number of carbonyl (C=O) groups excluding carboxylic acids is 1. The summed E-state index contributed by atoms with van der Waals surface area (Å²) < 4.78 is 80.0. The number of rotatable bonds is 8. The second-order valence-electron chi connectivity index (χ2n) is 9.24. The van der Waals surface area contributed by atoms with Crippen molar-refractivity contribution in [3.63, 3.8) is 0 Å². The number of halogens is 6. The minimum Gasteiger partial charge on any atom is -0.364 e. The van der Waals surface area contributed by atoms with Gasteiger partial charge in [-0.2, -0.15) is 36.3 Å². The summed E-state index contributed by atoms with van der Waals surface area (Å²) >= 11 is 0. The SMILES string of the molecule is O=C1CCCN1CCn1cnc2c(NCc3cccc(C(F)(F)F)c3)nc(Nc3ccc(C(F)(F)F)cc3)nc21. The van der Waals surface area contributed by atoms with Gasteiger partial charge in [0.05, 0.1) is 17.5 Å². The number of alkyl halides is 6. The predicted molar refractivity (Wildman–Crippen MR) is 135 cm³/mol. The normalized spacial score (nSPS) is 14.2. The monoisotopic (exact) mass is 563 g/mol. The van der Waals surface area contributed by atoms with E-state index in [2.05, 4.69) is 25.6 Å². The number of imidazole rings is 1. The largest absolute Gasteiger partial charge is 0.416 e. The summed E-state index contributed by atoms with van der Waals surface area (Å²) in [5, 5.41) is 5.89. The molecule has 5 rings (SSSR count). The molecule has 0 bridgehead atoms. The minimum absolute atomic E-state index is 0.00904. The molecule has 210 valence electrons. The summed E-state index contributed by atoms with van der Waals surface area (Å²) in [7, 11) is 0. The fraction of sp³-hybridized carbons (Fsp3) is 0.308. The van der Waals surface area contributed by atoms with Gasteiger partial charge >= 0.3 is 12.4 Å². The number of carbonyl (C=O) groups is 1. The van der Waals surface area contributed by atoms with Gasteiger partial charge in [0.2, 0.25) is 11.9 Å². The highest BCUT2D eigenvalue weighted by molar-refractivity contribution is 5.85. The molecule has 1 saturated heterocycles. The van der Waals surface area contributed by atoms with Crippen molar-refractivity contribution in [2.45, 2.75) is 38.3 Å². The first kappa shape index (κ1) is 27.2. The van der Waals surface area contributed by atoms with Gasteiger partial charge in [-0.3, -0.25) is 4.79 Å². The Morgan fingerprint density at radius 3 is 2.33 bits per heavy atom. The molecule has 0 atom stereocenters. The number of likely N-dealkylation sites (tertiary alicyclic amines) is 1. The maximum Gasteiger partial charge on any atom is 0.416 e. The molecule has 0 saturated carbocycles. The van der Waals surface area contributed by atoms with Crippen molar-refractivity contribution in [3.05, 3.63) is 71.5 Å². The van der Waals surface area contributed by atoms with E-state index < -0.39 is 23.5 Å². The molecule has 14 heteroatoms. The molecular weight excluding hydrogens is 540 g/mol. The Hall–Kier alpha value is -4.36. The van der Waals surface area contributed by atoms with E-state index >= 15 is 0 Å². The van der Waals surface area contributed by atoms with Gasteiger partial charge in [-0.05, 0) is 48.4 Å². The van der Waals surface area contributed by atoms with Crippen LogP contribution >= 0.6 is 0 Å². The van der Waals surface area contributed by atoms with Gasteiger partial charge < -0.3 is 20.1 Å². The number of aromatic nitrogens is 4. The van der Waals surface area contributed by atoms with Gasteiger partial charge in [0, 0.05) is 38.3 Å². The smallest absolute Gasteiger partial charge is 0.364 e. The fourth-order valence-electron chi connectivity index (χ4n) is 4.37. The number of nitrogens with one attached hydrogen (secondary N) is 2. The highest BCUT2D eigenvalue weighted by Gasteiger charge is 2.31. The third-order valence-electron chi connectivity index (χ3n) is 6.43. The lowest BCUT2D eigenvalue weighted by atomic mass is 10.1. The average Bonchev–Trinajstić information content (AvgIpc) is 3.51. The third kappa shape index (κ3) is 6.10. The Morgan fingerprint density at radius 1 is 0.900 bits per heavy atom. The number of amides is 1. The van der Waals surface area contributed by atoms with E-state index in [0.29, 0.717) is 48.5 Å². The summed E-state index contributed by atoms with van der Waals surface area (Å²) in [5.41, 5.74) is -0.228. The zero-order valence-corrected chi connectivity index (χ0v) is 20.9. The predicted octanol–water partition coefficient (Wildman–Crippen LogP) is 5.84. The molecule has 3 heterocycles. The summed E-state index contributed by atoms with van der Waals surface area (Å²) in [6, 6.07) is 9.17. The number of fused-ring (bicyclic) bond motifs is 1. The van der Waals surface area contributed by atoms with Crippen LogP contribution < -0.4 is 10.6 Å². The van der Waals surface area contributed by atoms with Crippen molar-refractivity contribution in [1.82, 2.24) is 24.4 Å². The van der Waals surface area contributed by atoms with Crippen LogP contribution in [0, 0.1) is 0 Å². The topological polar surface area (TPSA) is 88.0 Å². The summed E-state index contributed by atoms with van der Waals surface area (Å²) in [6.07, 6.45) is -6.17. The van der Waals surface area contributed by atoms with Crippen molar-refractivity contribution >= 4 is 34.5 Å². The van der Waals surface area contributed by atoms with Crippen LogP contribution in [0.15, 0.2) is 54.9 Å². The number of nitrogens with zero attached hydrogens (tertiary/aromatic N) is 5. The first-order valence-corrected chi connectivity index (χ1v) is 12.3.